The minimum absolute atomic E-state index is 0.00115. The third-order valence-corrected chi connectivity index (χ3v) is 4.58. The molecule has 0 radical (unpaired) electrons. The largest absolute Gasteiger partial charge is 0.368 e. The zero-order valence-electron chi connectivity index (χ0n) is 15.2. The van der Waals surface area contributed by atoms with Gasteiger partial charge in [-0.15, -0.1) is 0 Å². The number of amides is 1. The van der Waals surface area contributed by atoms with Gasteiger partial charge in [0.2, 0.25) is 5.91 Å². The highest BCUT2D eigenvalue weighted by molar-refractivity contribution is 5.78. The van der Waals surface area contributed by atoms with Gasteiger partial charge in [-0.25, -0.2) is 9.37 Å². The molecule has 3 heterocycles. The first-order valence-corrected chi connectivity index (χ1v) is 9.06. The van der Waals surface area contributed by atoms with Crippen molar-refractivity contribution in [2.75, 3.05) is 19.7 Å². The summed E-state index contributed by atoms with van der Waals surface area (Å²) in [6.07, 6.45) is 4.77. The van der Waals surface area contributed by atoms with Crippen LogP contribution < -0.4 is 0 Å². The van der Waals surface area contributed by atoms with Gasteiger partial charge in [0, 0.05) is 24.0 Å². The maximum absolute atomic E-state index is 13.5. The van der Waals surface area contributed by atoms with Crippen molar-refractivity contribution in [3.05, 3.63) is 78.3 Å². The first kappa shape index (κ1) is 18.2. The molecule has 142 valence electrons. The molecule has 28 heavy (non-hydrogen) atoms. The molecule has 1 saturated heterocycles. The fourth-order valence-corrected chi connectivity index (χ4v) is 3.15. The Morgan fingerprint density at radius 3 is 2.96 bits per heavy atom. The van der Waals surface area contributed by atoms with Crippen LogP contribution in [0.1, 0.15) is 17.5 Å². The lowest BCUT2D eigenvalue weighted by molar-refractivity contribution is -0.138. The molecule has 0 N–H and O–H groups in total. The zero-order valence-corrected chi connectivity index (χ0v) is 15.2. The van der Waals surface area contributed by atoms with Crippen molar-refractivity contribution in [1.82, 2.24) is 19.9 Å². The number of ether oxygens (including phenoxy) is 1. The summed E-state index contributed by atoms with van der Waals surface area (Å²) in [5.74, 6) is -0.328. The molecule has 1 fully saturated rings. The van der Waals surface area contributed by atoms with Gasteiger partial charge in [0.15, 0.2) is 0 Å². The Labute approximate surface area is 162 Å². The highest BCUT2D eigenvalue weighted by atomic mass is 19.1. The molecule has 0 aliphatic carbocycles. The monoisotopic (exact) mass is 378 g/mol. The molecule has 4 rings (SSSR count). The Hall–Kier alpha value is -3.19. The summed E-state index contributed by atoms with van der Waals surface area (Å²) in [4.78, 5) is 27.4. The summed E-state index contributed by atoms with van der Waals surface area (Å²) >= 11 is 0. The number of hydrogen-bond acceptors (Lipinski definition) is 5. The maximum atomic E-state index is 13.5. The maximum Gasteiger partial charge on any atom is 0.228 e. The number of carbonyl (C=O) groups is 1. The molecule has 0 bridgehead atoms. The number of hydrogen-bond donors (Lipinski definition) is 0. The van der Waals surface area contributed by atoms with Crippen LogP contribution in [0.25, 0.3) is 11.3 Å². The van der Waals surface area contributed by atoms with Gasteiger partial charge in [-0.05, 0) is 24.3 Å². The van der Waals surface area contributed by atoms with Crippen molar-refractivity contribution < 1.29 is 13.9 Å². The Kier molecular flexibility index (Phi) is 5.34. The van der Waals surface area contributed by atoms with Gasteiger partial charge in [0.05, 0.1) is 43.4 Å². The standard InChI is InChI=1S/C21H19FN4O2/c22-16-5-3-4-15(10-16)18-12-23-13-19(25-18)20-14-26(8-9-28-20)21(27)11-17-6-1-2-7-24-17/h1-7,10,12-13,20H,8-9,11,14H2/t20-/m0/s1. The van der Waals surface area contributed by atoms with Crippen molar-refractivity contribution >= 4 is 5.91 Å². The van der Waals surface area contributed by atoms with E-state index in [1.165, 1.54) is 12.1 Å². The van der Waals surface area contributed by atoms with Crippen LogP contribution in [-0.4, -0.2) is 45.5 Å². The van der Waals surface area contributed by atoms with Crippen LogP contribution >= 0.6 is 0 Å². The second kappa shape index (κ2) is 8.22. The van der Waals surface area contributed by atoms with Gasteiger partial charge in [-0.3, -0.25) is 14.8 Å². The number of benzene rings is 1. The molecule has 1 aliphatic heterocycles. The van der Waals surface area contributed by atoms with Crippen molar-refractivity contribution in [2.45, 2.75) is 12.5 Å². The van der Waals surface area contributed by atoms with Crippen molar-refractivity contribution in [3.63, 3.8) is 0 Å². The van der Waals surface area contributed by atoms with Gasteiger partial charge in [-0.2, -0.15) is 0 Å². The minimum Gasteiger partial charge on any atom is -0.368 e. The second-order valence-electron chi connectivity index (χ2n) is 6.54. The van der Waals surface area contributed by atoms with Crippen LogP contribution in [0.5, 0.6) is 0 Å². The topological polar surface area (TPSA) is 68.2 Å². The molecule has 1 atom stereocenters. The predicted molar refractivity (Wildman–Crippen MR) is 101 cm³/mol. The van der Waals surface area contributed by atoms with Crippen molar-refractivity contribution in [1.29, 1.82) is 0 Å². The SMILES string of the molecule is O=C(Cc1ccccn1)N1CCO[C@H](c2cncc(-c3cccc(F)c3)n2)C1. The van der Waals surface area contributed by atoms with Gasteiger partial charge >= 0.3 is 0 Å². The quantitative estimate of drug-likeness (QED) is 0.698. The fourth-order valence-electron chi connectivity index (χ4n) is 3.15. The molecule has 7 heteroatoms. The number of carbonyl (C=O) groups excluding carboxylic acids is 1. The van der Waals surface area contributed by atoms with E-state index in [0.29, 0.717) is 36.6 Å². The van der Waals surface area contributed by atoms with Crippen LogP contribution in [0, 0.1) is 5.82 Å². The van der Waals surface area contributed by atoms with E-state index in [2.05, 4.69) is 15.0 Å². The molecule has 1 aliphatic rings. The average molecular weight is 378 g/mol. The summed E-state index contributed by atoms with van der Waals surface area (Å²) in [6.45, 7) is 1.34. The number of nitrogens with zero attached hydrogens (tertiary/aromatic N) is 4. The Balaban J connectivity index is 1.49. The Morgan fingerprint density at radius 1 is 1.21 bits per heavy atom. The summed E-state index contributed by atoms with van der Waals surface area (Å²) in [6, 6.07) is 11.7. The normalized spacial score (nSPS) is 16.8. The van der Waals surface area contributed by atoms with Crippen LogP contribution in [0.2, 0.25) is 0 Å². The van der Waals surface area contributed by atoms with Crippen molar-refractivity contribution in [3.8, 4) is 11.3 Å². The third-order valence-electron chi connectivity index (χ3n) is 4.58. The summed E-state index contributed by atoms with van der Waals surface area (Å²) in [5.41, 5.74) is 2.58. The molecule has 3 aromatic rings. The number of pyridine rings is 1. The summed E-state index contributed by atoms with van der Waals surface area (Å²) in [7, 11) is 0. The smallest absolute Gasteiger partial charge is 0.228 e. The van der Waals surface area contributed by atoms with E-state index in [-0.39, 0.29) is 24.2 Å². The highest BCUT2D eigenvalue weighted by Crippen LogP contribution is 2.24. The van der Waals surface area contributed by atoms with E-state index >= 15 is 0 Å². The number of morpholine rings is 1. The predicted octanol–water partition coefficient (Wildman–Crippen LogP) is 2.82. The van der Waals surface area contributed by atoms with E-state index in [1.807, 2.05) is 18.2 Å². The molecule has 0 spiro atoms. The first-order chi connectivity index (χ1) is 13.7. The summed E-state index contributed by atoms with van der Waals surface area (Å²) in [5, 5.41) is 0. The summed E-state index contributed by atoms with van der Waals surface area (Å²) < 4.78 is 19.3. The van der Waals surface area contributed by atoms with E-state index in [4.69, 9.17) is 4.74 Å². The van der Waals surface area contributed by atoms with E-state index in [9.17, 15) is 9.18 Å². The molecule has 1 amide bonds. The second-order valence-corrected chi connectivity index (χ2v) is 6.54. The molecular weight excluding hydrogens is 359 g/mol. The molecule has 0 unspecified atom stereocenters. The zero-order chi connectivity index (χ0) is 19.3. The van der Waals surface area contributed by atoms with Gasteiger partial charge in [0.1, 0.15) is 11.9 Å². The van der Waals surface area contributed by atoms with E-state index in [1.54, 1.807) is 35.6 Å². The van der Waals surface area contributed by atoms with Gasteiger partial charge < -0.3 is 9.64 Å². The van der Waals surface area contributed by atoms with Gasteiger partial charge in [-0.1, -0.05) is 18.2 Å². The number of halogens is 1. The fraction of sp³-hybridized carbons (Fsp3) is 0.238. The Morgan fingerprint density at radius 2 is 2.14 bits per heavy atom. The molecular formula is C21H19FN4O2. The first-order valence-electron chi connectivity index (χ1n) is 9.06. The molecule has 0 saturated carbocycles. The Bertz CT molecular complexity index is 967. The van der Waals surface area contributed by atoms with Crippen LogP contribution in [0.4, 0.5) is 4.39 Å². The third kappa shape index (κ3) is 4.20. The van der Waals surface area contributed by atoms with Crippen molar-refractivity contribution in [2.24, 2.45) is 0 Å². The minimum atomic E-state index is -0.373. The lowest BCUT2D eigenvalue weighted by Crippen LogP contribution is -2.43. The van der Waals surface area contributed by atoms with Crippen LogP contribution in [0.3, 0.4) is 0 Å². The van der Waals surface area contributed by atoms with E-state index < -0.39 is 0 Å². The average Bonchev–Trinajstić information content (AvgIpc) is 2.75. The highest BCUT2D eigenvalue weighted by Gasteiger charge is 2.27. The molecule has 6 nitrogen and oxygen atoms in total. The van der Waals surface area contributed by atoms with Crippen LogP contribution in [0.15, 0.2) is 61.1 Å². The number of aromatic nitrogens is 3. The number of rotatable bonds is 4. The van der Waals surface area contributed by atoms with E-state index in [0.717, 1.165) is 5.69 Å². The lowest BCUT2D eigenvalue weighted by atomic mass is 10.1. The molecule has 1 aromatic carbocycles. The van der Waals surface area contributed by atoms with Crippen LogP contribution in [-0.2, 0) is 16.0 Å². The lowest BCUT2D eigenvalue weighted by Gasteiger charge is -2.32. The molecule has 2 aromatic heterocycles. The van der Waals surface area contributed by atoms with Gasteiger partial charge in [0.25, 0.3) is 0 Å².